The molecule has 1 aromatic rings. The van der Waals surface area contributed by atoms with E-state index < -0.39 is 0 Å². The highest BCUT2D eigenvalue weighted by Crippen LogP contribution is 2.31. The van der Waals surface area contributed by atoms with Crippen LogP contribution in [0.4, 0.5) is 0 Å². The minimum Gasteiger partial charge on any atom is -0.507 e. The molecule has 0 aliphatic rings. The Kier molecular flexibility index (Phi) is 7.24. The Balaban J connectivity index is 2.38. The molecular weight excluding hydrogens is 308 g/mol. The largest absolute Gasteiger partial charge is 0.507 e. The number of unbranched alkanes of at least 4 members (excludes halogenated alkanes) is 1. The van der Waals surface area contributed by atoms with Crippen LogP contribution in [0.15, 0.2) is 6.07 Å². The Morgan fingerprint density at radius 3 is 2.42 bits per heavy atom. The van der Waals surface area contributed by atoms with Crippen LogP contribution in [0.5, 0.6) is 11.5 Å². The van der Waals surface area contributed by atoms with Crippen molar-refractivity contribution in [1.29, 1.82) is 0 Å². The fourth-order valence-electron chi connectivity index (χ4n) is 1.83. The molecule has 1 aromatic carbocycles. The maximum Gasteiger partial charge on any atom is 0.122 e. The van der Waals surface area contributed by atoms with Gasteiger partial charge in [-0.1, -0.05) is 15.9 Å². The van der Waals surface area contributed by atoms with Crippen molar-refractivity contribution in [2.24, 2.45) is 0 Å². The summed E-state index contributed by atoms with van der Waals surface area (Å²) in [5.74, 6) is 1.24. The predicted molar refractivity (Wildman–Crippen MR) is 81.7 cm³/mol. The van der Waals surface area contributed by atoms with Gasteiger partial charge in [0.2, 0.25) is 0 Å². The topological polar surface area (TPSA) is 38.7 Å². The van der Waals surface area contributed by atoms with Gasteiger partial charge in [-0.3, -0.25) is 0 Å². The van der Waals surface area contributed by atoms with Crippen molar-refractivity contribution in [3.05, 3.63) is 22.8 Å². The molecule has 19 heavy (non-hydrogen) atoms. The van der Waals surface area contributed by atoms with Gasteiger partial charge in [0.15, 0.2) is 0 Å². The number of phenols is 1. The van der Waals surface area contributed by atoms with Gasteiger partial charge >= 0.3 is 0 Å². The highest BCUT2D eigenvalue weighted by molar-refractivity contribution is 9.09. The third kappa shape index (κ3) is 5.03. The van der Waals surface area contributed by atoms with Gasteiger partial charge in [0.05, 0.1) is 13.2 Å². The average Bonchev–Trinajstić information content (AvgIpc) is 2.41. The van der Waals surface area contributed by atoms with E-state index in [2.05, 4.69) is 15.9 Å². The fraction of sp³-hybridized carbons (Fsp3) is 0.600. The minimum absolute atomic E-state index is 0.369. The number of ether oxygens (including phenoxy) is 2. The Labute approximate surface area is 124 Å². The van der Waals surface area contributed by atoms with E-state index in [-0.39, 0.29) is 0 Å². The number of hydrogen-bond acceptors (Lipinski definition) is 3. The van der Waals surface area contributed by atoms with E-state index in [1.54, 1.807) is 0 Å². The maximum atomic E-state index is 9.83. The van der Waals surface area contributed by atoms with E-state index in [0.717, 1.165) is 53.8 Å². The van der Waals surface area contributed by atoms with Crippen molar-refractivity contribution < 1.29 is 14.6 Å². The zero-order chi connectivity index (χ0) is 14.3. The van der Waals surface area contributed by atoms with Crippen LogP contribution in [0.3, 0.4) is 0 Å². The molecule has 1 N–H and O–H groups in total. The van der Waals surface area contributed by atoms with Crippen molar-refractivity contribution in [2.45, 2.75) is 33.6 Å². The summed E-state index contributed by atoms with van der Waals surface area (Å²) in [5.41, 5.74) is 2.77. The molecule has 0 amide bonds. The van der Waals surface area contributed by atoms with Crippen molar-refractivity contribution in [2.75, 3.05) is 25.2 Å². The summed E-state index contributed by atoms with van der Waals surface area (Å²) >= 11 is 3.32. The van der Waals surface area contributed by atoms with Crippen LogP contribution in [-0.4, -0.2) is 30.3 Å². The number of phenolic OH excluding ortho intramolecular Hbond substituents is 1. The number of aryl methyl sites for hydroxylation is 1. The molecule has 4 heteroatoms. The van der Waals surface area contributed by atoms with E-state index in [1.165, 1.54) is 0 Å². The summed E-state index contributed by atoms with van der Waals surface area (Å²) < 4.78 is 11.2. The molecule has 0 aliphatic carbocycles. The zero-order valence-electron chi connectivity index (χ0n) is 12.0. The van der Waals surface area contributed by atoms with Gasteiger partial charge in [-0.15, -0.1) is 0 Å². The number of aromatic hydroxyl groups is 1. The molecule has 0 fully saturated rings. The van der Waals surface area contributed by atoms with Gasteiger partial charge in [-0.25, -0.2) is 0 Å². The molecule has 3 nitrogen and oxygen atoms in total. The molecule has 0 atom stereocenters. The van der Waals surface area contributed by atoms with Crippen LogP contribution in [-0.2, 0) is 4.74 Å². The van der Waals surface area contributed by atoms with E-state index >= 15 is 0 Å². The Morgan fingerprint density at radius 2 is 1.74 bits per heavy atom. The van der Waals surface area contributed by atoms with E-state index in [9.17, 15) is 5.11 Å². The standard InChI is InChI=1S/C15H23BrO3/c1-11-10-14(12(2)13(3)15(11)17)19-8-5-4-7-18-9-6-16/h10,17H,4-9H2,1-3H3. The van der Waals surface area contributed by atoms with E-state index in [4.69, 9.17) is 9.47 Å². The van der Waals surface area contributed by atoms with Gasteiger partial charge in [-0.2, -0.15) is 0 Å². The molecule has 0 aromatic heterocycles. The van der Waals surface area contributed by atoms with Gasteiger partial charge in [0.25, 0.3) is 0 Å². The van der Waals surface area contributed by atoms with Crippen LogP contribution in [0, 0.1) is 20.8 Å². The first kappa shape index (κ1) is 16.3. The molecule has 1 rings (SSSR count). The first-order valence-corrected chi connectivity index (χ1v) is 7.76. The summed E-state index contributed by atoms with van der Waals surface area (Å²) in [4.78, 5) is 0. The number of rotatable bonds is 8. The second-order valence-electron chi connectivity index (χ2n) is 4.65. The lowest BCUT2D eigenvalue weighted by Gasteiger charge is -2.14. The van der Waals surface area contributed by atoms with Crippen LogP contribution in [0.25, 0.3) is 0 Å². The summed E-state index contributed by atoms with van der Waals surface area (Å²) in [7, 11) is 0. The lowest BCUT2D eigenvalue weighted by atomic mass is 10.0. The Hall–Kier alpha value is -0.740. The van der Waals surface area contributed by atoms with Crippen LogP contribution >= 0.6 is 15.9 Å². The third-order valence-corrected chi connectivity index (χ3v) is 3.49. The van der Waals surface area contributed by atoms with E-state index in [0.29, 0.717) is 12.4 Å². The van der Waals surface area contributed by atoms with Crippen molar-refractivity contribution >= 4 is 15.9 Å². The number of halogens is 1. The molecule has 0 aliphatic heterocycles. The van der Waals surface area contributed by atoms with Gasteiger partial charge in [0, 0.05) is 11.9 Å². The zero-order valence-corrected chi connectivity index (χ0v) is 13.5. The molecule has 0 unspecified atom stereocenters. The SMILES string of the molecule is Cc1cc(OCCCCOCCBr)c(C)c(C)c1O. The van der Waals surface area contributed by atoms with Crippen molar-refractivity contribution in [3.8, 4) is 11.5 Å². The first-order chi connectivity index (χ1) is 9.07. The molecule has 0 saturated carbocycles. The second kappa shape index (κ2) is 8.43. The summed E-state index contributed by atoms with van der Waals surface area (Å²) in [6, 6.07) is 1.90. The lowest BCUT2D eigenvalue weighted by Crippen LogP contribution is -2.03. The molecule has 0 saturated heterocycles. The van der Waals surface area contributed by atoms with Gasteiger partial charge in [-0.05, 0) is 56.4 Å². The smallest absolute Gasteiger partial charge is 0.122 e. The number of hydrogen-bond donors (Lipinski definition) is 1. The lowest BCUT2D eigenvalue weighted by molar-refractivity contribution is 0.141. The van der Waals surface area contributed by atoms with E-state index in [1.807, 2.05) is 26.8 Å². The fourth-order valence-corrected chi connectivity index (χ4v) is 2.06. The molecule has 0 bridgehead atoms. The summed E-state index contributed by atoms with van der Waals surface area (Å²) in [6.45, 7) is 8.00. The second-order valence-corrected chi connectivity index (χ2v) is 5.44. The third-order valence-electron chi connectivity index (χ3n) is 3.17. The number of benzene rings is 1. The minimum atomic E-state index is 0.369. The highest BCUT2D eigenvalue weighted by Gasteiger charge is 2.09. The molecule has 108 valence electrons. The molecular formula is C15H23BrO3. The first-order valence-electron chi connectivity index (χ1n) is 6.64. The summed E-state index contributed by atoms with van der Waals surface area (Å²) in [5, 5.41) is 10.7. The maximum absolute atomic E-state index is 9.83. The quantitative estimate of drug-likeness (QED) is 0.580. The molecule has 0 radical (unpaired) electrons. The van der Waals surface area contributed by atoms with Crippen molar-refractivity contribution in [1.82, 2.24) is 0 Å². The number of alkyl halides is 1. The van der Waals surface area contributed by atoms with Crippen LogP contribution in [0.2, 0.25) is 0 Å². The van der Waals surface area contributed by atoms with Gasteiger partial charge in [0.1, 0.15) is 11.5 Å². The predicted octanol–water partition coefficient (Wildman–Crippen LogP) is 3.89. The molecule has 0 spiro atoms. The van der Waals surface area contributed by atoms with Crippen molar-refractivity contribution in [3.63, 3.8) is 0 Å². The summed E-state index contributed by atoms with van der Waals surface area (Å²) in [6.07, 6.45) is 1.97. The highest BCUT2D eigenvalue weighted by atomic mass is 79.9. The van der Waals surface area contributed by atoms with Crippen LogP contribution in [0.1, 0.15) is 29.5 Å². The normalized spacial score (nSPS) is 10.7. The monoisotopic (exact) mass is 330 g/mol. The van der Waals surface area contributed by atoms with Crippen LogP contribution < -0.4 is 4.74 Å². The average molecular weight is 331 g/mol. The Bertz CT molecular complexity index is 405. The molecule has 0 heterocycles. The van der Waals surface area contributed by atoms with Gasteiger partial charge < -0.3 is 14.6 Å². The Morgan fingerprint density at radius 1 is 1.05 bits per heavy atom.